The van der Waals surface area contributed by atoms with E-state index in [9.17, 15) is 0 Å². The quantitative estimate of drug-likeness (QED) is 0.577. The second-order valence-corrected chi connectivity index (χ2v) is 6.48. The molecule has 0 spiro atoms. The van der Waals surface area contributed by atoms with Crippen molar-refractivity contribution < 1.29 is 0 Å². The fourth-order valence-corrected chi connectivity index (χ4v) is 3.48. The highest BCUT2D eigenvalue weighted by Crippen LogP contribution is 2.34. The van der Waals surface area contributed by atoms with Crippen molar-refractivity contribution >= 4 is 40.6 Å². The molecule has 0 nitrogen and oxygen atoms in total. The summed E-state index contributed by atoms with van der Waals surface area (Å²) < 4.78 is 0. The normalized spacial score (nSPS) is 12.2. The van der Waals surface area contributed by atoms with Gasteiger partial charge in [0.15, 0.2) is 0 Å². The molecule has 0 aliphatic carbocycles. The highest BCUT2D eigenvalue weighted by atomic mass is 35.5. The smallest absolute Gasteiger partial charge is 0.0492 e. The molecule has 0 amide bonds. The van der Waals surface area contributed by atoms with Gasteiger partial charge in [0.1, 0.15) is 0 Å². The van der Waals surface area contributed by atoms with E-state index in [1.54, 1.807) is 11.3 Å². The predicted octanol–water partition coefficient (Wildman–Crippen LogP) is 6.35. The van der Waals surface area contributed by atoms with Gasteiger partial charge in [-0.05, 0) is 30.2 Å². The van der Waals surface area contributed by atoms with Gasteiger partial charge >= 0.3 is 0 Å². The van der Waals surface area contributed by atoms with Crippen LogP contribution in [0, 0.1) is 5.92 Å². The maximum Gasteiger partial charge on any atom is 0.0492 e. The van der Waals surface area contributed by atoms with Gasteiger partial charge in [-0.2, -0.15) is 0 Å². The zero-order valence-electron chi connectivity index (χ0n) is 11.0. The van der Waals surface area contributed by atoms with Gasteiger partial charge in [0.25, 0.3) is 0 Å². The van der Waals surface area contributed by atoms with E-state index in [-0.39, 0.29) is 0 Å². The Morgan fingerprint density at radius 3 is 2.58 bits per heavy atom. The number of benzene rings is 1. The lowest BCUT2D eigenvalue weighted by atomic mass is 10.0. The Balaban J connectivity index is 2.32. The van der Waals surface area contributed by atoms with Gasteiger partial charge in [-0.1, -0.05) is 49.2 Å². The minimum atomic E-state index is 0.475. The fourth-order valence-electron chi connectivity index (χ4n) is 1.78. The molecule has 1 heterocycles. The molecule has 0 aliphatic heterocycles. The molecular weight excluding hydrogens is 295 g/mol. The van der Waals surface area contributed by atoms with Gasteiger partial charge < -0.3 is 0 Å². The highest BCUT2D eigenvalue weighted by Gasteiger charge is 2.07. The van der Waals surface area contributed by atoms with Crippen LogP contribution in [0.1, 0.15) is 18.7 Å². The van der Waals surface area contributed by atoms with Crippen LogP contribution in [0.2, 0.25) is 5.02 Å². The number of rotatable bonds is 4. The summed E-state index contributed by atoms with van der Waals surface area (Å²) in [6, 6.07) is 12.2. The van der Waals surface area contributed by atoms with Crippen LogP contribution < -0.4 is 0 Å². The third-order valence-electron chi connectivity index (χ3n) is 2.99. The summed E-state index contributed by atoms with van der Waals surface area (Å²) in [4.78, 5) is 2.41. The van der Waals surface area contributed by atoms with Crippen LogP contribution in [0.25, 0.3) is 16.5 Å². The molecule has 3 heteroatoms. The lowest BCUT2D eigenvalue weighted by Gasteiger charge is -2.06. The van der Waals surface area contributed by atoms with E-state index in [0.29, 0.717) is 11.8 Å². The van der Waals surface area contributed by atoms with Crippen LogP contribution in [0.3, 0.4) is 0 Å². The van der Waals surface area contributed by atoms with E-state index >= 15 is 0 Å². The summed E-state index contributed by atoms with van der Waals surface area (Å²) in [5.74, 6) is 1.06. The first-order chi connectivity index (χ1) is 9.11. The summed E-state index contributed by atoms with van der Waals surface area (Å²) >= 11 is 13.9. The van der Waals surface area contributed by atoms with Gasteiger partial charge in [0.05, 0.1) is 0 Å². The lowest BCUT2D eigenvalue weighted by Crippen LogP contribution is -1.94. The van der Waals surface area contributed by atoms with Crippen molar-refractivity contribution in [2.45, 2.75) is 13.8 Å². The van der Waals surface area contributed by atoms with Crippen molar-refractivity contribution in [1.82, 2.24) is 0 Å². The Hall–Kier alpha value is -0.760. The number of alkyl halides is 1. The summed E-state index contributed by atoms with van der Waals surface area (Å²) in [5, 5.41) is 0.793. The second kappa shape index (κ2) is 6.60. The molecule has 0 N–H and O–H groups in total. The van der Waals surface area contributed by atoms with Crippen molar-refractivity contribution in [2.24, 2.45) is 5.92 Å². The topological polar surface area (TPSA) is 0 Å². The average Bonchev–Trinajstić information content (AvgIpc) is 2.84. The number of thiophene rings is 1. The molecule has 0 saturated carbocycles. The standard InChI is InChI=1S/C16H16Cl2S/c1-11(2)12(10-17)9-13-7-8-16(19-13)14-5-3-4-6-15(14)18/h3-9,11H,10H2,1-2H3. The molecule has 0 aliphatic rings. The Labute approximate surface area is 128 Å². The van der Waals surface area contributed by atoms with Crippen molar-refractivity contribution in [2.75, 3.05) is 5.88 Å². The summed E-state index contributed by atoms with van der Waals surface area (Å²) in [6.07, 6.45) is 2.18. The lowest BCUT2D eigenvalue weighted by molar-refractivity contribution is 0.778. The average molecular weight is 311 g/mol. The largest absolute Gasteiger partial charge is 0.136 e. The first-order valence-electron chi connectivity index (χ1n) is 6.23. The second-order valence-electron chi connectivity index (χ2n) is 4.69. The highest BCUT2D eigenvalue weighted by molar-refractivity contribution is 7.16. The Morgan fingerprint density at radius 1 is 1.21 bits per heavy atom. The SMILES string of the molecule is CC(C)C(=Cc1ccc(-c2ccccc2Cl)s1)CCl. The third-order valence-corrected chi connectivity index (χ3v) is 4.69. The number of allylic oxidation sites excluding steroid dienone is 1. The zero-order chi connectivity index (χ0) is 13.8. The van der Waals surface area contributed by atoms with E-state index in [2.05, 4.69) is 32.1 Å². The number of hydrogen-bond acceptors (Lipinski definition) is 1. The van der Waals surface area contributed by atoms with Crippen molar-refractivity contribution in [3.05, 3.63) is 51.9 Å². The molecule has 0 atom stereocenters. The molecule has 0 radical (unpaired) electrons. The van der Waals surface area contributed by atoms with E-state index in [4.69, 9.17) is 23.2 Å². The van der Waals surface area contributed by atoms with Crippen molar-refractivity contribution in [3.63, 3.8) is 0 Å². The van der Waals surface area contributed by atoms with Crippen molar-refractivity contribution in [1.29, 1.82) is 0 Å². The fraction of sp³-hybridized carbons (Fsp3) is 0.250. The van der Waals surface area contributed by atoms with E-state index in [1.807, 2.05) is 24.3 Å². The Morgan fingerprint density at radius 2 is 1.95 bits per heavy atom. The summed E-state index contributed by atoms with van der Waals surface area (Å²) in [5.41, 5.74) is 2.35. The molecule has 1 aromatic carbocycles. The van der Waals surface area contributed by atoms with Crippen LogP contribution >= 0.6 is 34.5 Å². The Kier molecular flexibility index (Phi) is 5.09. The summed E-state index contributed by atoms with van der Waals surface area (Å²) in [6.45, 7) is 4.33. The van der Waals surface area contributed by atoms with Gasteiger partial charge in [0, 0.05) is 26.2 Å². The minimum absolute atomic E-state index is 0.475. The molecule has 19 heavy (non-hydrogen) atoms. The molecule has 0 unspecified atom stereocenters. The van der Waals surface area contributed by atoms with Crippen molar-refractivity contribution in [3.8, 4) is 10.4 Å². The van der Waals surface area contributed by atoms with E-state index in [1.165, 1.54) is 15.3 Å². The number of halogens is 2. The van der Waals surface area contributed by atoms with E-state index in [0.717, 1.165) is 10.6 Å². The maximum atomic E-state index is 6.22. The first-order valence-corrected chi connectivity index (χ1v) is 7.96. The molecule has 0 fully saturated rings. The molecule has 2 rings (SSSR count). The molecule has 0 bridgehead atoms. The van der Waals surface area contributed by atoms with Crippen LogP contribution in [-0.4, -0.2) is 5.88 Å². The number of hydrogen-bond donors (Lipinski definition) is 0. The molecule has 1 aromatic heterocycles. The predicted molar refractivity (Wildman–Crippen MR) is 88.3 cm³/mol. The monoisotopic (exact) mass is 310 g/mol. The van der Waals surface area contributed by atoms with Gasteiger partial charge in [-0.25, -0.2) is 0 Å². The third kappa shape index (κ3) is 3.62. The molecule has 2 aromatic rings. The van der Waals surface area contributed by atoms with Crippen LogP contribution in [0.4, 0.5) is 0 Å². The van der Waals surface area contributed by atoms with Gasteiger partial charge in [0.2, 0.25) is 0 Å². The van der Waals surface area contributed by atoms with E-state index < -0.39 is 0 Å². The van der Waals surface area contributed by atoms with Gasteiger partial charge in [-0.3, -0.25) is 0 Å². The van der Waals surface area contributed by atoms with Crippen LogP contribution in [-0.2, 0) is 0 Å². The Bertz CT molecular complexity index is 582. The summed E-state index contributed by atoms with van der Waals surface area (Å²) in [7, 11) is 0. The van der Waals surface area contributed by atoms with Crippen LogP contribution in [0.15, 0.2) is 42.0 Å². The van der Waals surface area contributed by atoms with Gasteiger partial charge in [-0.15, -0.1) is 22.9 Å². The maximum absolute atomic E-state index is 6.22. The molecule has 0 saturated heterocycles. The molecular formula is C16H16Cl2S. The van der Waals surface area contributed by atoms with Crippen LogP contribution in [0.5, 0.6) is 0 Å². The first kappa shape index (κ1) is 14.6. The minimum Gasteiger partial charge on any atom is -0.136 e. The zero-order valence-corrected chi connectivity index (χ0v) is 13.3. The molecule has 100 valence electrons.